The van der Waals surface area contributed by atoms with Gasteiger partial charge in [0, 0.05) is 18.4 Å². The second kappa shape index (κ2) is 8.51. The Kier molecular flexibility index (Phi) is 5.88. The summed E-state index contributed by atoms with van der Waals surface area (Å²) < 4.78 is 38.3. The SMILES string of the molecule is O=C(Nc1cccc(C(F)(F)F)c1)c1ccnc(NCCc2ccccc2)n1. The number of halogens is 3. The van der Waals surface area contributed by atoms with Gasteiger partial charge in [0.15, 0.2) is 0 Å². The monoisotopic (exact) mass is 386 g/mol. The summed E-state index contributed by atoms with van der Waals surface area (Å²) in [7, 11) is 0. The Hall–Kier alpha value is -3.42. The molecular formula is C20H17F3N4O. The van der Waals surface area contributed by atoms with Crippen LogP contribution in [0.5, 0.6) is 0 Å². The Labute approximate surface area is 159 Å². The van der Waals surface area contributed by atoms with Gasteiger partial charge in [-0.15, -0.1) is 0 Å². The Morgan fingerprint density at radius 2 is 1.79 bits per heavy atom. The number of amides is 1. The number of aromatic nitrogens is 2. The first-order chi connectivity index (χ1) is 13.4. The smallest absolute Gasteiger partial charge is 0.354 e. The Balaban J connectivity index is 1.62. The molecule has 0 unspecified atom stereocenters. The molecule has 3 aromatic rings. The Bertz CT molecular complexity index is 945. The van der Waals surface area contributed by atoms with Crippen LogP contribution in [0.2, 0.25) is 0 Å². The maximum atomic E-state index is 12.8. The number of carbonyl (C=O) groups excluding carboxylic acids is 1. The molecule has 0 atom stereocenters. The van der Waals surface area contributed by atoms with E-state index < -0.39 is 17.6 Å². The first-order valence-corrected chi connectivity index (χ1v) is 8.51. The molecule has 1 amide bonds. The molecule has 3 rings (SSSR count). The molecule has 0 aliphatic carbocycles. The number of nitrogens with one attached hydrogen (secondary N) is 2. The van der Waals surface area contributed by atoms with Crippen LogP contribution in [0, 0.1) is 0 Å². The van der Waals surface area contributed by atoms with Gasteiger partial charge >= 0.3 is 6.18 Å². The highest BCUT2D eigenvalue weighted by molar-refractivity contribution is 6.03. The van der Waals surface area contributed by atoms with Crippen LogP contribution in [0.3, 0.4) is 0 Å². The number of hydrogen-bond acceptors (Lipinski definition) is 4. The number of carbonyl (C=O) groups is 1. The van der Waals surface area contributed by atoms with Gasteiger partial charge in [0.25, 0.3) is 5.91 Å². The summed E-state index contributed by atoms with van der Waals surface area (Å²) in [5.41, 5.74) is 0.399. The summed E-state index contributed by atoms with van der Waals surface area (Å²) in [6.45, 7) is 0.572. The molecule has 1 aromatic heterocycles. The van der Waals surface area contributed by atoms with Gasteiger partial charge in [-0.25, -0.2) is 9.97 Å². The second-order valence-corrected chi connectivity index (χ2v) is 5.96. The minimum Gasteiger partial charge on any atom is -0.354 e. The second-order valence-electron chi connectivity index (χ2n) is 5.96. The molecule has 2 aromatic carbocycles. The van der Waals surface area contributed by atoms with Gasteiger partial charge in [0.2, 0.25) is 5.95 Å². The van der Waals surface area contributed by atoms with Crippen LogP contribution in [0.1, 0.15) is 21.6 Å². The zero-order valence-electron chi connectivity index (χ0n) is 14.7. The number of nitrogens with zero attached hydrogens (tertiary/aromatic N) is 2. The third-order valence-corrected chi connectivity index (χ3v) is 3.88. The molecule has 28 heavy (non-hydrogen) atoms. The number of hydrogen-bond donors (Lipinski definition) is 2. The van der Waals surface area contributed by atoms with E-state index in [9.17, 15) is 18.0 Å². The van der Waals surface area contributed by atoms with E-state index >= 15 is 0 Å². The number of anilines is 2. The lowest BCUT2D eigenvalue weighted by molar-refractivity contribution is -0.137. The van der Waals surface area contributed by atoms with E-state index in [1.165, 1.54) is 24.4 Å². The molecule has 5 nitrogen and oxygen atoms in total. The predicted octanol–water partition coefficient (Wildman–Crippen LogP) is 4.40. The third-order valence-electron chi connectivity index (χ3n) is 3.88. The van der Waals surface area contributed by atoms with Crippen LogP contribution in [0.4, 0.5) is 24.8 Å². The van der Waals surface area contributed by atoms with Crippen LogP contribution in [0.15, 0.2) is 66.9 Å². The molecule has 8 heteroatoms. The number of alkyl halides is 3. The minimum absolute atomic E-state index is 0.0389. The Morgan fingerprint density at radius 3 is 2.54 bits per heavy atom. The summed E-state index contributed by atoms with van der Waals surface area (Å²) in [5, 5.41) is 5.45. The van der Waals surface area contributed by atoms with Crippen molar-refractivity contribution in [2.24, 2.45) is 0 Å². The number of rotatable bonds is 6. The van der Waals surface area contributed by atoms with Crippen LogP contribution in [-0.2, 0) is 12.6 Å². The maximum absolute atomic E-state index is 12.8. The van der Waals surface area contributed by atoms with Crippen LogP contribution >= 0.6 is 0 Å². The average molecular weight is 386 g/mol. The van der Waals surface area contributed by atoms with Crippen molar-refractivity contribution in [2.45, 2.75) is 12.6 Å². The fraction of sp³-hybridized carbons (Fsp3) is 0.150. The molecule has 0 fully saturated rings. The van der Waals surface area contributed by atoms with E-state index in [-0.39, 0.29) is 17.3 Å². The van der Waals surface area contributed by atoms with E-state index in [1.54, 1.807) is 0 Å². The lowest BCUT2D eigenvalue weighted by Crippen LogP contribution is -2.16. The molecule has 0 saturated carbocycles. The molecule has 2 N–H and O–H groups in total. The quantitative estimate of drug-likeness (QED) is 0.659. The normalized spacial score (nSPS) is 11.1. The molecule has 0 bridgehead atoms. The fourth-order valence-electron chi connectivity index (χ4n) is 2.50. The number of benzene rings is 2. The maximum Gasteiger partial charge on any atom is 0.416 e. The Morgan fingerprint density at radius 1 is 1.00 bits per heavy atom. The van der Waals surface area contributed by atoms with Gasteiger partial charge < -0.3 is 10.6 Å². The molecule has 0 aliphatic heterocycles. The topological polar surface area (TPSA) is 66.9 Å². The van der Waals surface area contributed by atoms with Crippen molar-refractivity contribution >= 4 is 17.5 Å². The average Bonchev–Trinajstić information content (AvgIpc) is 2.69. The van der Waals surface area contributed by atoms with Gasteiger partial charge in [-0.3, -0.25) is 4.79 Å². The van der Waals surface area contributed by atoms with Crippen molar-refractivity contribution in [3.63, 3.8) is 0 Å². The summed E-state index contributed by atoms with van der Waals surface area (Å²) in [6.07, 6.45) is -2.31. The van der Waals surface area contributed by atoms with Gasteiger partial charge in [-0.1, -0.05) is 36.4 Å². The molecule has 0 radical (unpaired) electrons. The zero-order valence-corrected chi connectivity index (χ0v) is 14.7. The van der Waals surface area contributed by atoms with Crippen LogP contribution < -0.4 is 10.6 Å². The molecule has 144 valence electrons. The molecule has 1 heterocycles. The van der Waals surface area contributed by atoms with E-state index in [0.29, 0.717) is 6.54 Å². The van der Waals surface area contributed by atoms with E-state index in [4.69, 9.17) is 0 Å². The molecular weight excluding hydrogens is 369 g/mol. The van der Waals surface area contributed by atoms with Gasteiger partial charge in [0.05, 0.1) is 5.56 Å². The molecule has 0 saturated heterocycles. The van der Waals surface area contributed by atoms with Crippen molar-refractivity contribution in [1.29, 1.82) is 0 Å². The van der Waals surface area contributed by atoms with E-state index in [0.717, 1.165) is 24.1 Å². The van der Waals surface area contributed by atoms with Gasteiger partial charge in [-0.2, -0.15) is 13.2 Å². The third kappa shape index (κ3) is 5.29. The van der Waals surface area contributed by atoms with Crippen molar-refractivity contribution in [2.75, 3.05) is 17.2 Å². The van der Waals surface area contributed by atoms with E-state index in [2.05, 4.69) is 20.6 Å². The van der Waals surface area contributed by atoms with Crippen molar-refractivity contribution in [1.82, 2.24) is 9.97 Å². The first-order valence-electron chi connectivity index (χ1n) is 8.51. The first kappa shape index (κ1) is 19.3. The molecule has 0 spiro atoms. The van der Waals surface area contributed by atoms with Crippen LogP contribution in [0.25, 0.3) is 0 Å². The highest BCUT2D eigenvalue weighted by atomic mass is 19.4. The largest absolute Gasteiger partial charge is 0.416 e. The van der Waals surface area contributed by atoms with Crippen LogP contribution in [-0.4, -0.2) is 22.4 Å². The summed E-state index contributed by atoms with van der Waals surface area (Å²) in [5.74, 6) is -0.347. The summed E-state index contributed by atoms with van der Waals surface area (Å²) in [6, 6.07) is 15.7. The predicted molar refractivity (Wildman–Crippen MR) is 100 cm³/mol. The van der Waals surface area contributed by atoms with Gasteiger partial charge in [0.1, 0.15) is 5.69 Å². The lowest BCUT2D eigenvalue weighted by atomic mass is 10.1. The lowest BCUT2D eigenvalue weighted by Gasteiger charge is -2.10. The zero-order chi connectivity index (χ0) is 20.0. The minimum atomic E-state index is -4.48. The highest BCUT2D eigenvalue weighted by Crippen LogP contribution is 2.30. The summed E-state index contributed by atoms with van der Waals surface area (Å²) in [4.78, 5) is 20.5. The van der Waals surface area contributed by atoms with Gasteiger partial charge in [-0.05, 0) is 36.2 Å². The van der Waals surface area contributed by atoms with Crippen molar-refractivity contribution < 1.29 is 18.0 Å². The standard InChI is InChI=1S/C20H17F3N4O/c21-20(22,23)15-7-4-8-16(13-15)26-18(28)17-10-12-25-19(27-17)24-11-9-14-5-2-1-3-6-14/h1-8,10,12-13H,9,11H2,(H,26,28)(H,24,25,27). The summed E-state index contributed by atoms with van der Waals surface area (Å²) >= 11 is 0. The molecule has 0 aliphatic rings. The van der Waals surface area contributed by atoms with Crippen molar-refractivity contribution in [3.05, 3.63) is 83.7 Å². The van der Waals surface area contributed by atoms with E-state index in [1.807, 2.05) is 30.3 Å². The highest BCUT2D eigenvalue weighted by Gasteiger charge is 2.30. The fourth-order valence-corrected chi connectivity index (χ4v) is 2.50. The van der Waals surface area contributed by atoms with Crippen molar-refractivity contribution in [3.8, 4) is 0 Å².